The second kappa shape index (κ2) is 9.81. The lowest BCUT2D eigenvalue weighted by Crippen LogP contribution is -2.43. The number of ether oxygens (including phenoxy) is 3. The standard InChI is InChI=1S/C26H33NO6/c1-13(2)32-19-11-9-8-10-17(19)22-21(26(30)33-14(3)4)16(6)27-18-12-15(5)20(25(29)31-7)24(28)23(18)22/h8-11,13-15,20,22,27H,12H2,1-7H3/t15-,20+,22+/m1/s1. The number of Topliss-reactive ketones (excluding diaryl/α,β-unsaturated/α-hetero) is 1. The Labute approximate surface area is 195 Å². The Bertz CT molecular complexity index is 1020. The van der Waals surface area contributed by atoms with Gasteiger partial charge in [-0.25, -0.2) is 4.79 Å². The van der Waals surface area contributed by atoms with Crippen molar-refractivity contribution in [2.75, 3.05) is 7.11 Å². The molecular formula is C26H33NO6. The number of para-hydroxylation sites is 1. The van der Waals surface area contributed by atoms with Crippen molar-refractivity contribution >= 4 is 17.7 Å². The van der Waals surface area contributed by atoms with E-state index in [0.717, 1.165) is 5.70 Å². The SMILES string of the molecule is COC(=O)[C@@H]1C(=O)C2=C(C[C@H]1C)NC(C)=C(C(=O)OC(C)C)[C@@H]2c1ccccc1OC(C)C. The molecular weight excluding hydrogens is 422 g/mol. The number of benzene rings is 1. The molecule has 1 heterocycles. The van der Waals surface area contributed by atoms with Crippen molar-refractivity contribution in [1.82, 2.24) is 5.32 Å². The highest BCUT2D eigenvalue weighted by molar-refractivity contribution is 6.12. The van der Waals surface area contributed by atoms with Gasteiger partial charge in [-0.05, 0) is 53.0 Å². The van der Waals surface area contributed by atoms with Crippen LogP contribution in [0.1, 0.15) is 59.4 Å². The third kappa shape index (κ3) is 4.82. The molecule has 0 amide bonds. The minimum atomic E-state index is -0.933. The van der Waals surface area contributed by atoms with Crippen LogP contribution in [0.3, 0.4) is 0 Å². The summed E-state index contributed by atoms with van der Waals surface area (Å²) in [6.45, 7) is 11.1. The van der Waals surface area contributed by atoms with Crippen LogP contribution in [0.4, 0.5) is 0 Å². The molecule has 0 fully saturated rings. The average Bonchev–Trinajstić information content (AvgIpc) is 2.71. The van der Waals surface area contributed by atoms with Crippen LogP contribution < -0.4 is 10.1 Å². The first-order valence-corrected chi connectivity index (χ1v) is 11.4. The molecule has 0 aromatic heterocycles. The van der Waals surface area contributed by atoms with Crippen molar-refractivity contribution < 1.29 is 28.6 Å². The number of nitrogens with one attached hydrogen (secondary N) is 1. The van der Waals surface area contributed by atoms with Crippen molar-refractivity contribution in [1.29, 1.82) is 0 Å². The van der Waals surface area contributed by atoms with Crippen LogP contribution in [-0.4, -0.2) is 37.0 Å². The van der Waals surface area contributed by atoms with Crippen molar-refractivity contribution in [3.63, 3.8) is 0 Å². The van der Waals surface area contributed by atoms with Gasteiger partial charge in [-0.1, -0.05) is 25.1 Å². The number of methoxy groups -OCH3 is 1. The maximum absolute atomic E-state index is 13.8. The summed E-state index contributed by atoms with van der Waals surface area (Å²) in [4.78, 5) is 39.6. The van der Waals surface area contributed by atoms with E-state index in [1.165, 1.54) is 7.11 Å². The molecule has 33 heavy (non-hydrogen) atoms. The van der Waals surface area contributed by atoms with Crippen molar-refractivity contribution in [2.24, 2.45) is 11.8 Å². The number of hydrogen-bond acceptors (Lipinski definition) is 7. The van der Waals surface area contributed by atoms with Crippen LogP contribution >= 0.6 is 0 Å². The maximum atomic E-state index is 13.8. The third-order valence-corrected chi connectivity index (χ3v) is 5.90. The second-order valence-corrected chi connectivity index (χ2v) is 9.19. The van der Waals surface area contributed by atoms with Gasteiger partial charge in [0.2, 0.25) is 0 Å². The Morgan fingerprint density at radius 2 is 1.76 bits per heavy atom. The van der Waals surface area contributed by atoms with Crippen LogP contribution in [0.2, 0.25) is 0 Å². The predicted octanol–water partition coefficient (Wildman–Crippen LogP) is 4.04. The number of carbonyl (C=O) groups is 3. The van der Waals surface area contributed by atoms with E-state index in [4.69, 9.17) is 14.2 Å². The topological polar surface area (TPSA) is 90.9 Å². The van der Waals surface area contributed by atoms with Gasteiger partial charge in [0, 0.05) is 22.5 Å². The molecule has 1 N–H and O–H groups in total. The summed E-state index contributed by atoms with van der Waals surface area (Å²) in [5.74, 6) is -2.73. The average molecular weight is 456 g/mol. The zero-order valence-corrected chi connectivity index (χ0v) is 20.4. The Morgan fingerprint density at radius 3 is 2.36 bits per heavy atom. The first kappa shape index (κ1) is 24.6. The number of dihydropyridines is 1. The quantitative estimate of drug-likeness (QED) is 0.511. The first-order valence-electron chi connectivity index (χ1n) is 11.4. The zero-order chi connectivity index (χ0) is 24.4. The van der Waals surface area contributed by atoms with Crippen molar-refractivity contribution in [2.45, 2.75) is 66.1 Å². The van der Waals surface area contributed by atoms with E-state index >= 15 is 0 Å². The van der Waals surface area contributed by atoms with E-state index in [2.05, 4.69) is 5.32 Å². The fourth-order valence-electron chi connectivity index (χ4n) is 4.62. The number of carbonyl (C=O) groups excluding carboxylic acids is 3. The molecule has 0 unspecified atom stereocenters. The van der Waals surface area contributed by atoms with Crippen LogP contribution in [-0.2, 0) is 23.9 Å². The molecule has 3 atom stereocenters. The number of hydrogen-bond donors (Lipinski definition) is 1. The molecule has 1 aliphatic heterocycles. The molecule has 7 nitrogen and oxygen atoms in total. The molecule has 1 aromatic rings. The van der Waals surface area contributed by atoms with Crippen LogP contribution in [0, 0.1) is 11.8 Å². The minimum absolute atomic E-state index is 0.109. The lowest BCUT2D eigenvalue weighted by atomic mass is 9.69. The van der Waals surface area contributed by atoms with Gasteiger partial charge in [0.1, 0.15) is 11.7 Å². The third-order valence-electron chi connectivity index (χ3n) is 5.90. The first-order chi connectivity index (χ1) is 15.6. The number of allylic oxidation sites excluding steroid dienone is 3. The molecule has 0 spiro atoms. The summed E-state index contributed by atoms with van der Waals surface area (Å²) in [6, 6.07) is 7.38. The van der Waals surface area contributed by atoms with Crippen molar-refractivity contribution in [3.05, 3.63) is 52.4 Å². The van der Waals surface area contributed by atoms with Crippen LogP contribution in [0.5, 0.6) is 5.75 Å². The highest BCUT2D eigenvalue weighted by Crippen LogP contribution is 2.47. The summed E-state index contributed by atoms with van der Waals surface area (Å²) in [6.07, 6.45) is 0.0391. The van der Waals surface area contributed by atoms with Gasteiger partial charge in [0.25, 0.3) is 0 Å². The Hall–Kier alpha value is -3.09. The Balaban J connectivity index is 2.24. The molecule has 0 saturated carbocycles. The minimum Gasteiger partial charge on any atom is -0.491 e. The van der Waals surface area contributed by atoms with E-state index in [1.807, 2.05) is 45.0 Å². The molecule has 1 aliphatic carbocycles. The number of esters is 2. The highest BCUT2D eigenvalue weighted by atomic mass is 16.5. The summed E-state index contributed by atoms with van der Waals surface area (Å²) in [5.41, 5.74) is 2.76. The molecule has 0 bridgehead atoms. The molecule has 0 saturated heterocycles. The van der Waals surface area contributed by atoms with E-state index in [1.54, 1.807) is 20.8 Å². The zero-order valence-electron chi connectivity index (χ0n) is 20.4. The van der Waals surface area contributed by atoms with E-state index < -0.39 is 23.8 Å². The van der Waals surface area contributed by atoms with Gasteiger partial charge in [-0.2, -0.15) is 0 Å². The van der Waals surface area contributed by atoms with Gasteiger partial charge in [-0.15, -0.1) is 0 Å². The van der Waals surface area contributed by atoms with Gasteiger partial charge >= 0.3 is 11.9 Å². The normalized spacial score (nSPS) is 22.8. The molecule has 2 aliphatic rings. The van der Waals surface area contributed by atoms with Crippen molar-refractivity contribution in [3.8, 4) is 5.75 Å². The van der Waals surface area contributed by atoms with Gasteiger partial charge in [0.15, 0.2) is 5.78 Å². The number of rotatable bonds is 6. The summed E-state index contributed by atoms with van der Waals surface area (Å²) >= 11 is 0. The van der Waals surface area contributed by atoms with Crippen LogP contribution in [0.15, 0.2) is 46.8 Å². The smallest absolute Gasteiger partial charge is 0.337 e. The fourth-order valence-corrected chi connectivity index (χ4v) is 4.62. The monoisotopic (exact) mass is 455 g/mol. The Kier molecular flexibility index (Phi) is 7.30. The lowest BCUT2D eigenvalue weighted by Gasteiger charge is -2.38. The largest absolute Gasteiger partial charge is 0.491 e. The lowest BCUT2D eigenvalue weighted by molar-refractivity contribution is -0.151. The van der Waals surface area contributed by atoms with Gasteiger partial charge in [-0.3, -0.25) is 9.59 Å². The summed E-state index contributed by atoms with van der Waals surface area (Å²) in [5, 5.41) is 3.27. The molecule has 0 radical (unpaired) electrons. The predicted molar refractivity (Wildman–Crippen MR) is 123 cm³/mol. The summed E-state index contributed by atoms with van der Waals surface area (Å²) < 4.78 is 16.6. The van der Waals surface area contributed by atoms with Gasteiger partial charge in [0.05, 0.1) is 30.8 Å². The molecule has 3 rings (SSSR count). The fraction of sp³-hybridized carbons (Fsp3) is 0.500. The Morgan fingerprint density at radius 1 is 1.09 bits per heavy atom. The highest BCUT2D eigenvalue weighted by Gasteiger charge is 2.47. The molecule has 178 valence electrons. The van der Waals surface area contributed by atoms with E-state index in [9.17, 15) is 14.4 Å². The number of ketones is 1. The molecule has 7 heteroatoms. The molecule has 1 aromatic carbocycles. The second-order valence-electron chi connectivity index (χ2n) is 9.19. The van der Waals surface area contributed by atoms with E-state index in [-0.39, 0.29) is 23.9 Å². The van der Waals surface area contributed by atoms with E-state index in [0.29, 0.717) is 34.6 Å². The maximum Gasteiger partial charge on any atom is 0.337 e. The van der Waals surface area contributed by atoms with Gasteiger partial charge < -0.3 is 19.5 Å². The van der Waals surface area contributed by atoms with Crippen LogP contribution in [0.25, 0.3) is 0 Å². The summed E-state index contributed by atoms with van der Waals surface area (Å²) in [7, 11) is 1.28.